The largest absolute Gasteiger partial charge is 0.451 e. The summed E-state index contributed by atoms with van der Waals surface area (Å²) in [6.07, 6.45) is -1.12. The number of thiophene rings is 1. The van der Waals surface area contributed by atoms with Gasteiger partial charge in [0.25, 0.3) is 5.91 Å². The number of alkyl halides is 3. The summed E-state index contributed by atoms with van der Waals surface area (Å²) < 4.78 is 41.3. The highest BCUT2D eigenvalue weighted by Gasteiger charge is 2.40. The van der Waals surface area contributed by atoms with E-state index in [1.54, 1.807) is 35.7 Å². The van der Waals surface area contributed by atoms with Gasteiger partial charge in [0.2, 0.25) is 11.8 Å². The molecule has 5 heterocycles. The Morgan fingerprint density at radius 1 is 1.20 bits per heavy atom. The molecular weight excluding hydrogens is 543 g/mol. The first kappa shape index (κ1) is 27.7. The van der Waals surface area contributed by atoms with E-state index in [1.807, 2.05) is 23.6 Å². The predicted octanol–water partition coefficient (Wildman–Crippen LogP) is 4.31. The molecule has 14 heteroatoms. The minimum absolute atomic E-state index is 0.0953. The molecule has 4 aromatic rings. The number of fused-ring (bicyclic) bond motifs is 2. The molecule has 0 bridgehead atoms. The van der Waals surface area contributed by atoms with Crippen LogP contribution in [0.15, 0.2) is 30.5 Å². The Hall–Kier alpha value is -3.81. The number of aromatic nitrogens is 6. The summed E-state index contributed by atoms with van der Waals surface area (Å²) in [5.41, 5.74) is 0.339. The lowest BCUT2D eigenvalue weighted by Gasteiger charge is -2.31. The molecule has 1 N–H and O–H groups in total. The Bertz CT molecular complexity index is 1490. The van der Waals surface area contributed by atoms with Gasteiger partial charge in [0.1, 0.15) is 16.3 Å². The molecular formula is C26H30F3N9OS. The molecule has 212 valence electrons. The van der Waals surface area contributed by atoms with Gasteiger partial charge in [-0.1, -0.05) is 19.4 Å². The average molecular weight is 574 g/mol. The van der Waals surface area contributed by atoms with Gasteiger partial charge >= 0.3 is 6.18 Å². The van der Waals surface area contributed by atoms with E-state index in [0.29, 0.717) is 37.1 Å². The molecule has 0 spiro atoms. The second kappa shape index (κ2) is 11.4. The Balaban J connectivity index is 1.44. The molecule has 0 aliphatic carbocycles. The quantitative estimate of drug-likeness (QED) is 0.316. The van der Waals surface area contributed by atoms with Crippen molar-refractivity contribution >= 4 is 39.2 Å². The number of carbonyl (C=O) groups excluding carboxylic acids is 1. The number of halogens is 3. The maximum Gasteiger partial charge on any atom is 0.451 e. The van der Waals surface area contributed by atoms with Crippen molar-refractivity contribution in [2.24, 2.45) is 0 Å². The number of pyridine rings is 1. The molecule has 0 saturated heterocycles. The molecule has 1 atom stereocenters. The first-order chi connectivity index (χ1) is 19.2. The number of rotatable bonds is 9. The van der Waals surface area contributed by atoms with E-state index >= 15 is 0 Å². The van der Waals surface area contributed by atoms with Crippen LogP contribution in [0.4, 0.5) is 24.9 Å². The Kier molecular flexibility index (Phi) is 7.88. The molecule has 0 aromatic carbocycles. The first-order valence-electron chi connectivity index (χ1n) is 13.2. The van der Waals surface area contributed by atoms with E-state index in [-0.39, 0.29) is 30.9 Å². The highest BCUT2D eigenvalue weighted by molar-refractivity contribution is 7.18. The fourth-order valence-electron chi connectivity index (χ4n) is 4.77. The first-order valence-corrected chi connectivity index (χ1v) is 14.0. The number of amides is 1. The summed E-state index contributed by atoms with van der Waals surface area (Å²) in [6.45, 7) is 7.61. The molecule has 0 unspecified atom stereocenters. The van der Waals surface area contributed by atoms with E-state index in [2.05, 4.69) is 33.5 Å². The lowest BCUT2D eigenvalue weighted by atomic mass is 10.2. The number of likely N-dealkylation sites (N-methyl/N-ethyl adjacent to an activating group) is 1. The lowest BCUT2D eigenvalue weighted by molar-refractivity contribution is -0.147. The Morgan fingerprint density at radius 2 is 2.02 bits per heavy atom. The zero-order valence-electron chi connectivity index (χ0n) is 22.4. The highest BCUT2D eigenvalue weighted by atomic mass is 32.1. The van der Waals surface area contributed by atoms with Crippen molar-refractivity contribution in [2.45, 2.75) is 58.9 Å². The predicted molar refractivity (Wildman–Crippen MR) is 147 cm³/mol. The van der Waals surface area contributed by atoms with Crippen LogP contribution in [0.5, 0.6) is 0 Å². The molecule has 0 fully saturated rings. The van der Waals surface area contributed by atoms with Gasteiger partial charge in [0, 0.05) is 43.3 Å². The number of hydrogen-bond acceptors (Lipinski definition) is 9. The fraction of sp³-hybridized carbons (Fsp3) is 0.462. The van der Waals surface area contributed by atoms with Gasteiger partial charge < -0.3 is 19.7 Å². The standard InChI is InChI=1S/C26H30F3N9OS/c1-4-8-17-13-18-21(37-11-12-38-20(15-37)34-35-24(38)26(27,28)29)32-25(33-23(18)40-17)36(5-2)14-16(3)31-22(39)19-9-6-7-10-30-19/h6-7,9-10,13,16H,4-5,8,11-12,14-15H2,1-3H3,(H,31,39)/t16-/m0/s1. The number of nitrogens with zero attached hydrogens (tertiary/aromatic N) is 8. The third-order valence-electron chi connectivity index (χ3n) is 6.65. The average Bonchev–Trinajstić information content (AvgIpc) is 3.55. The monoisotopic (exact) mass is 573 g/mol. The molecule has 0 saturated carbocycles. The maximum atomic E-state index is 13.4. The second-order valence-electron chi connectivity index (χ2n) is 9.67. The highest BCUT2D eigenvalue weighted by Crippen LogP contribution is 2.36. The van der Waals surface area contributed by atoms with Gasteiger partial charge in [-0.15, -0.1) is 21.5 Å². The van der Waals surface area contributed by atoms with Crippen molar-refractivity contribution in [1.29, 1.82) is 0 Å². The Labute approximate surface area is 233 Å². The third-order valence-corrected chi connectivity index (χ3v) is 7.74. The van der Waals surface area contributed by atoms with Gasteiger partial charge in [-0.05, 0) is 38.5 Å². The summed E-state index contributed by atoms with van der Waals surface area (Å²) in [5.74, 6) is 0.158. The number of hydrogen-bond donors (Lipinski definition) is 1. The van der Waals surface area contributed by atoms with Crippen LogP contribution in [0.25, 0.3) is 10.2 Å². The minimum Gasteiger partial charge on any atom is -0.347 e. The molecule has 4 aromatic heterocycles. The van der Waals surface area contributed by atoms with Crippen LogP contribution in [0, 0.1) is 0 Å². The van der Waals surface area contributed by atoms with E-state index in [0.717, 1.165) is 27.6 Å². The van der Waals surface area contributed by atoms with E-state index in [9.17, 15) is 18.0 Å². The minimum atomic E-state index is -4.56. The van der Waals surface area contributed by atoms with Crippen LogP contribution in [-0.4, -0.2) is 61.3 Å². The summed E-state index contributed by atoms with van der Waals surface area (Å²) in [6, 6.07) is 7.02. The molecule has 1 aliphatic rings. The second-order valence-corrected chi connectivity index (χ2v) is 10.8. The normalized spacial score (nSPS) is 14.3. The summed E-state index contributed by atoms with van der Waals surface area (Å²) in [7, 11) is 0. The SMILES string of the molecule is CCCc1cc2c(N3CCn4c(nnc4C(F)(F)F)C3)nc(N(CC)C[C@H](C)NC(=O)c3ccccn3)nc2s1. The summed E-state index contributed by atoms with van der Waals surface area (Å²) >= 11 is 1.60. The molecule has 0 radical (unpaired) electrons. The van der Waals surface area contributed by atoms with Crippen molar-refractivity contribution in [1.82, 2.24) is 35.0 Å². The summed E-state index contributed by atoms with van der Waals surface area (Å²) in [5, 5.41) is 11.1. The van der Waals surface area contributed by atoms with Gasteiger partial charge in [-0.2, -0.15) is 18.2 Å². The number of nitrogens with one attached hydrogen (secondary N) is 1. The van der Waals surface area contributed by atoms with Crippen molar-refractivity contribution in [3.8, 4) is 0 Å². The maximum absolute atomic E-state index is 13.4. The number of anilines is 2. The van der Waals surface area contributed by atoms with Crippen molar-refractivity contribution < 1.29 is 18.0 Å². The molecule has 10 nitrogen and oxygen atoms in total. The van der Waals surface area contributed by atoms with Crippen LogP contribution < -0.4 is 15.1 Å². The zero-order chi connectivity index (χ0) is 28.4. The zero-order valence-corrected chi connectivity index (χ0v) is 23.3. The summed E-state index contributed by atoms with van der Waals surface area (Å²) in [4.78, 5) is 32.4. The van der Waals surface area contributed by atoms with Crippen molar-refractivity contribution in [2.75, 3.05) is 29.4 Å². The molecule has 40 heavy (non-hydrogen) atoms. The van der Waals surface area contributed by atoms with E-state index in [4.69, 9.17) is 9.97 Å². The third kappa shape index (κ3) is 5.71. The van der Waals surface area contributed by atoms with Crippen molar-refractivity contribution in [3.05, 3.63) is 52.7 Å². The van der Waals surface area contributed by atoms with Crippen LogP contribution in [0.2, 0.25) is 0 Å². The van der Waals surface area contributed by atoms with Crippen LogP contribution >= 0.6 is 11.3 Å². The van der Waals surface area contributed by atoms with E-state index < -0.39 is 12.0 Å². The topological polar surface area (TPSA) is 105 Å². The van der Waals surface area contributed by atoms with E-state index in [1.165, 1.54) is 4.88 Å². The molecule has 5 rings (SSSR count). The van der Waals surface area contributed by atoms with Crippen LogP contribution in [0.1, 0.15) is 54.2 Å². The van der Waals surface area contributed by atoms with Crippen LogP contribution in [0.3, 0.4) is 0 Å². The molecule has 1 amide bonds. The lowest BCUT2D eigenvalue weighted by Crippen LogP contribution is -2.43. The number of carbonyl (C=O) groups is 1. The van der Waals surface area contributed by atoms with Crippen molar-refractivity contribution in [3.63, 3.8) is 0 Å². The smallest absolute Gasteiger partial charge is 0.347 e. The fourth-order valence-corrected chi connectivity index (χ4v) is 5.89. The van der Waals surface area contributed by atoms with Crippen LogP contribution in [-0.2, 0) is 25.7 Å². The van der Waals surface area contributed by atoms with Gasteiger partial charge in [0.15, 0.2) is 5.82 Å². The number of aryl methyl sites for hydroxylation is 1. The Morgan fingerprint density at radius 3 is 2.73 bits per heavy atom. The van der Waals surface area contributed by atoms with Gasteiger partial charge in [0.05, 0.1) is 11.9 Å². The molecule has 1 aliphatic heterocycles. The van der Waals surface area contributed by atoms with Gasteiger partial charge in [-0.25, -0.2) is 4.98 Å². The van der Waals surface area contributed by atoms with Gasteiger partial charge in [-0.3, -0.25) is 9.78 Å².